The summed E-state index contributed by atoms with van der Waals surface area (Å²) in [6, 6.07) is 2.27. The number of amides is 1. The molecule has 2 aliphatic rings. The number of hydrogen-bond acceptors (Lipinski definition) is 5. The van der Waals surface area contributed by atoms with Gasteiger partial charge in [0.1, 0.15) is 17.2 Å². The molecular weight excluding hydrogens is 324 g/mol. The lowest BCUT2D eigenvalue weighted by atomic mass is 9.96. The van der Waals surface area contributed by atoms with E-state index in [1.165, 1.54) is 4.88 Å². The molecule has 1 fully saturated rings. The van der Waals surface area contributed by atoms with Gasteiger partial charge in [-0.1, -0.05) is 0 Å². The molecule has 1 N–H and O–H groups in total. The SMILES string of the molecule is CC(OCC1CCCCO1)C(=O)Nc1sc2c(c1C#N)CCCC2. The Hall–Kier alpha value is -1.42. The number of nitriles is 1. The minimum absolute atomic E-state index is 0.0951. The van der Waals surface area contributed by atoms with Crippen molar-refractivity contribution in [3.63, 3.8) is 0 Å². The average Bonchev–Trinajstić information content (AvgIpc) is 2.97. The van der Waals surface area contributed by atoms with Gasteiger partial charge in [-0.2, -0.15) is 5.26 Å². The number of carbonyl (C=O) groups is 1. The molecule has 0 aromatic carbocycles. The van der Waals surface area contributed by atoms with Crippen LogP contribution in [0.25, 0.3) is 0 Å². The van der Waals surface area contributed by atoms with E-state index in [0.717, 1.165) is 57.1 Å². The van der Waals surface area contributed by atoms with Gasteiger partial charge in [0.25, 0.3) is 5.91 Å². The zero-order chi connectivity index (χ0) is 16.9. The number of nitrogens with one attached hydrogen (secondary N) is 1. The predicted octanol–water partition coefficient (Wildman–Crippen LogP) is 3.41. The molecule has 1 amide bonds. The molecule has 1 aliphatic heterocycles. The summed E-state index contributed by atoms with van der Waals surface area (Å²) in [4.78, 5) is 13.6. The first-order chi connectivity index (χ1) is 11.7. The van der Waals surface area contributed by atoms with Crippen molar-refractivity contribution < 1.29 is 14.3 Å². The number of carbonyl (C=O) groups excluding carboxylic acids is 1. The van der Waals surface area contributed by atoms with Crippen LogP contribution >= 0.6 is 11.3 Å². The zero-order valence-corrected chi connectivity index (χ0v) is 14.9. The molecule has 5 nitrogen and oxygen atoms in total. The van der Waals surface area contributed by atoms with Crippen molar-refractivity contribution in [3.8, 4) is 6.07 Å². The highest BCUT2D eigenvalue weighted by Gasteiger charge is 2.24. The predicted molar refractivity (Wildman–Crippen MR) is 93.3 cm³/mol. The van der Waals surface area contributed by atoms with Gasteiger partial charge in [-0.25, -0.2) is 0 Å². The highest BCUT2D eigenvalue weighted by atomic mass is 32.1. The van der Waals surface area contributed by atoms with Gasteiger partial charge in [-0.05, 0) is 57.4 Å². The Bertz CT molecular complexity index is 629. The molecule has 2 atom stereocenters. The summed E-state index contributed by atoms with van der Waals surface area (Å²) >= 11 is 1.54. The number of anilines is 1. The second-order valence-electron chi connectivity index (χ2n) is 6.48. The van der Waals surface area contributed by atoms with Crippen molar-refractivity contribution in [2.75, 3.05) is 18.5 Å². The fourth-order valence-electron chi connectivity index (χ4n) is 3.25. The molecule has 24 heavy (non-hydrogen) atoms. The first-order valence-electron chi connectivity index (χ1n) is 8.77. The molecule has 2 unspecified atom stereocenters. The van der Waals surface area contributed by atoms with Crippen molar-refractivity contribution in [1.82, 2.24) is 0 Å². The molecule has 130 valence electrons. The van der Waals surface area contributed by atoms with Gasteiger partial charge in [0.15, 0.2) is 0 Å². The molecule has 3 rings (SSSR count). The van der Waals surface area contributed by atoms with Gasteiger partial charge < -0.3 is 14.8 Å². The third kappa shape index (κ3) is 3.97. The van der Waals surface area contributed by atoms with Crippen molar-refractivity contribution in [3.05, 3.63) is 16.0 Å². The minimum Gasteiger partial charge on any atom is -0.376 e. The van der Waals surface area contributed by atoms with Gasteiger partial charge in [0.05, 0.1) is 18.3 Å². The lowest BCUT2D eigenvalue weighted by Crippen LogP contribution is -2.32. The summed E-state index contributed by atoms with van der Waals surface area (Å²) in [5.74, 6) is -0.194. The number of nitrogens with zero attached hydrogens (tertiary/aromatic N) is 1. The number of rotatable bonds is 5. The van der Waals surface area contributed by atoms with E-state index in [0.29, 0.717) is 17.2 Å². The second-order valence-corrected chi connectivity index (χ2v) is 7.59. The van der Waals surface area contributed by atoms with Crippen molar-refractivity contribution >= 4 is 22.2 Å². The largest absolute Gasteiger partial charge is 0.376 e. The Morgan fingerprint density at radius 1 is 1.42 bits per heavy atom. The van der Waals surface area contributed by atoms with Gasteiger partial charge in [0, 0.05) is 11.5 Å². The van der Waals surface area contributed by atoms with E-state index in [1.807, 2.05) is 0 Å². The Kier molecular flexibility index (Phi) is 5.88. The quantitative estimate of drug-likeness (QED) is 0.885. The monoisotopic (exact) mass is 348 g/mol. The van der Waals surface area contributed by atoms with Crippen molar-refractivity contribution in [2.45, 2.75) is 64.1 Å². The molecule has 0 saturated carbocycles. The third-order valence-electron chi connectivity index (χ3n) is 4.70. The number of hydrogen-bond donors (Lipinski definition) is 1. The van der Waals surface area contributed by atoms with Crippen LogP contribution in [-0.2, 0) is 27.1 Å². The summed E-state index contributed by atoms with van der Waals surface area (Å²) in [5.41, 5.74) is 1.78. The van der Waals surface area contributed by atoms with Crippen molar-refractivity contribution in [2.24, 2.45) is 0 Å². The maximum Gasteiger partial charge on any atom is 0.253 e. The van der Waals surface area contributed by atoms with Crippen LogP contribution in [-0.4, -0.2) is 31.3 Å². The van der Waals surface area contributed by atoms with E-state index in [2.05, 4.69) is 11.4 Å². The summed E-state index contributed by atoms with van der Waals surface area (Å²) in [6.07, 6.45) is 7.02. The average molecular weight is 348 g/mol. The van der Waals surface area contributed by atoms with E-state index in [-0.39, 0.29) is 12.0 Å². The molecule has 0 radical (unpaired) electrons. The van der Waals surface area contributed by atoms with Crippen molar-refractivity contribution in [1.29, 1.82) is 5.26 Å². The first kappa shape index (κ1) is 17.4. The Morgan fingerprint density at radius 2 is 2.25 bits per heavy atom. The van der Waals surface area contributed by atoms with E-state index in [9.17, 15) is 10.1 Å². The Balaban J connectivity index is 1.58. The molecule has 1 saturated heterocycles. The summed E-state index contributed by atoms with van der Waals surface area (Å²) in [5, 5.41) is 13.0. The number of fused-ring (bicyclic) bond motifs is 1. The van der Waals surface area contributed by atoms with Crippen LogP contribution in [0, 0.1) is 11.3 Å². The van der Waals surface area contributed by atoms with E-state index in [4.69, 9.17) is 9.47 Å². The van der Waals surface area contributed by atoms with Crippen LogP contribution in [0.2, 0.25) is 0 Å². The van der Waals surface area contributed by atoms with Crippen LogP contribution in [0.5, 0.6) is 0 Å². The summed E-state index contributed by atoms with van der Waals surface area (Å²) in [7, 11) is 0. The highest BCUT2D eigenvalue weighted by Crippen LogP contribution is 2.37. The maximum absolute atomic E-state index is 12.4. The normalized spacial score (nSPS) is 21.6. The molecule has 6 heteroatoms. The van der Waals surface area contributed by atoms with Crippen LogP contribution in [0.15, 0.2) is 0 Å². The zero-order valence-electron chi connectivity index (χ0n) is 14.1. The van der Waals surface area contributed by atoms with E-state index >= 15 is 0 Å². The molecule has 1 aromatic heterocycles. The molecule has 1 aromatic rings. The van der Waals surface area contributed by atoms with Gasteiger partial charge in [-0.15, -0.1) is 11.3 Å². The molecule has 1 aliphatic carbocycles. The van der Waals surface area contributed by atoms with E-state index < -0.39 is 6.10 Å². The molecular formula is C18H24N2O3S. The molecule has 0 spiro atoms. The third-order valence-corrected chi connectivity index (χ3v) is 5.90. The number of ether oxygens (including phenoxy) is 2. The first-order valence-corrected chi connectivity index (χ1v) is 9.59. The van der Waals surface area contributed by atoms with E-state index in [1.54, 1.807) is 18.3 Å². The lowest BCUT2D eigenvalue weighted by Gasteiger charge is -2.23. The topological polar surface area (TPSA) is 71.3 Å². The molecule has 0 bridgehead atoms. The molecule has 2 heterocycles. The van der Waals surface area contributed by atoms with Gasteiger partial charge in [0.2, 0.25) is 0 Å². The van der Waals surface area contributed by atoms with Gasteiger partial charge >= 0.3 is 0 Å². The fraction of sp³-hybridized carbons (Fsp3) is 0.667. The minimum atomic E-state index is -0.554. The van der Waals surface area contributed by atoms with Gasteiger partial charge in [-0.3, -0.25) is 4.79 Å². The van der Waals surface area contributed by atoms with Crippen LogP contribution < -0.4 is 5.32 Å². The fourth-order valence-corrected chi connectivity index (χ4v) is 4.49. The Labute approximate surface area is 147 Å². The summed E-state index contributed by atoms with van der Waals surface area (Å²) < 4.78 is 11.3. The van der Waals surface area contributed by atoms with Crippen LogP contribution in [0.3, 0.4) is 0 Å². The van der Waals surface area contributed by atoms with Crippen LogP contribution in [0.1, 0.15) is 55.0 Å². The second kappa shape index (κ2) is 8.11. The highest BCUT2D eigenvalue weighted by molar-refractivity contribution is 7.16. The Morgan fingerprint density at radius 3 is 3.00 bits per heavy atom. The smallest absolute Gasteiger partial charge is 0.253 e. The van der Waals surface area contributed by atoms with Crippen LogP contribution in [0.4, 0.5) is 5.00 Å². The lowest BCUT2D eigenvalue weighted by molar-refractivity contribution is -0.130. The number of thiophene rings is 1. The standard InChI is InChI=1S/C18H24N2O3S/c1-12(23-11-13-6-4-5-9-22-13)17(21)20-18-15(10-19)14-7-2-3-8-16(14)24-18/h12-13H,2-9,11H2,1H3,(H,20,21). The summed E-state index contributed by atoms with van der Waals surface area (Å²) in [6.45, 7) is 2.97. The maximum atomic E-state index is 12.4. The number of aryl methyl sites for hydroxylation is 1.